The molecule has 0 fully saturated rings. The Hall–Kier alpha value is -10.6. The summed E-state index contributed by atoms with van der Waals surface area (Å²) in [6, 6.07) is 106. The molecule has 0 aliphatic heterocycles. The summed E-state index contributed by atoms with van der Waals surface area (Å²) < 4.78 is 4.01. The van der Waals surface area contributed by atoms with Crippen molar-refractivity contribution in [2.24, 2.45) is 0 Å². The van der Waals surface area contributed by atoms with Gasteiger partial charge in [0.15, 0.2) is 0 Å². The van der Waals surface area contributed by atoms with Crippen LogP contribution < -0.4 is 9.67 Å². The molecule has 0 amide bonds. The zero-order valence-corrected chi connectivity index (χ0v) is 79.5. The third-order valence-electron chi connectivity index (χ3n) is 23.1. The largest absolute Gasteiger partial charge is 0.262 e. The maximum atomic E-state index is 5.09. The number of benzene rings is 13. The van der Waals surface area contributed by atoms with Crippen molar-refractivity contribution in [3.05, 3.63) is 346 Å². The molecule has 2 radical (unpaired) electrons. The monoisotopic (exact) mass is 1930 g/mol. The van der Waals surface area contributed by atoms with Gasteiger partial charge in [0.1, 0.15) is 11.6 Å². The summed E-state index contributed by atoms with van der Waals surface area (Å²) in [5.74, 6) is 3.02. The van der Waals surface area contributed by atoms with E-state index < -0.39 is 0 Å². The minimum absolute atomic E-state index is 0. The Bertz CT molecular complexity index is 5880. The molecule has 0 aliphatic rings. The van der Waals surface area contributed by atoms with E-state index in [9.17, 15) is 0 Å². The molecule has 0 N–H and O–H groups in total. The first-order chi connectivity index (χ1) is 55.7. The quantitative estimate of drug-likeness (QED) is 0.0852. The van der Waals surface area contributed by atoms with E-state index in [0.717, 1.165) is 78.9 Å². The molecular weight excluding hydrogens is 1810 g/mol. The van der Waals surface area contributed by atoms with Crippen molar-refractivity contribution in [1.29, 1.82) is 0 Å². The average molecular weight is 1930 g/mol. The third kappa shape index (κ3) is 19.9. The molecule has 2 heterocycles. The van der Waals surface area contributed by atoms with Gasteiger partial charge in [-0.3, -0.25) is 19.3 Å². The maximum absolute atomic E-state index is 5.09. The van der Waals surface area contributed by atoms with Gasteiger partial charge in [-0.15, -0.1) is 71.3 Å². The minimum Gasteiger partial charge on any atom is -0.262 e. The van der Waals surface area contributed by atoms with Crippen LogP contribution in [0.15, 0.2) is 267 Å². The van der Waals surface area contributed by atoms with E-state index in [1.54, 1.807) is 0 Å². The second kappa shape index (κ2) is 34.9. The van der Waals surface area contributed by atoms with Crippen LogP contribution >= 0.6 is 0 Å². The van der Waals surface area contributed by atoms with Crippen LogP contribution in [-0.2, 0) is 72.7 Å². The predicted octanol–water partition coefficient (Wildman–Crippen LogP) is 29.2. The van der Waals surface area contributed by atoms with Crippen LogP contribution in [0.2, 0.25) is 0 Å². The normalized spacial score (nSPS) is 12.0. The van der Waals surface area contributed by atoms with E-state index in [2.05, 4.69) is 401 Å². The molecule has 0 saturated carbocycles. The topological polar surface area (TPSA) is 61.6 Å². The molecule has 6 nitrogen and oxygen atoms in total. The molecule has 0 bridgehead atoms. The molecule has 0 spiro atoms. The standard InChI is InChI=1S/C69H72N3.C43H44N3.2Ir/c1-44-35-53(59-42-56(49-23-31-62(32-24-49)68(10,11)12)39-57(43-59)50-25-33-63(34-26-50)69(13,14)15)36-45(2)64(44)72-65(70-46(3)71-72)52-18-16-17-51(37-52)58-40-54(47-19-27-60(28-20-47)66(4,5)6)38-55(41-58)48-21-29-61(30-22-48)67(7,8)9;1-28-23-34(24-29(2)40(28)46-41(44-30(3)45-46)33-13-11-10-12-14-33)37-26-35(31-15-19-38(20-16-31)42(4,5)6)25-36(27-37)32-17-21-39(22-18-32)43(7,8)9;;/h16-17,19-43H,1-15H3;10-13,15-27H,1-9H3;;/q2*-1;;. The summed E-state index contributed by atoms with van der Waals surface area (Å²) in [4.78, 5) is 9.87. The van der Waals surface area contributed by atoms with Crippen LogP contribution in [0, 0.1) is 53.7 Å². The molecule has 120 heavy (non-hydrogen) atoms. The van der Waals surface area contributed by atoms with Crippen LogP contribution in [0.4, 0.5) is 0 Å². The first kappa shape index (κ1) is 88.7. The van der Waals surface area contributed by atoms with Crippen molar-refractivity contribution < 1.29 is 44.9 Å². The first-order valence-electron chi connectivity index (χ1n) is 41.9. The zero-order valence-electron chi connectivity index (χ0n) is 74.8. The smallest absolute Gasteiger partial charge is 0.137 e. The van der Waals surface area contributed by atoms with Gasteiger partial charge in [-0.2, -0.15) is 10.2 Å². The summed E-state index contributed by atoms with van der Waals surface area (Å²) in [7, 11) is 0. The Morgan fingerprint density at radius 3 is 0.850 bits per heavy atom. The Balaban J connectivity index is 0.000000237. The number of nitrogens with zero attached hydrogens (tertiary/aromatic N) is 6. The van der Waals surface area contributed by atoms with Crippen molar-refractivity contribution in [2.75, 3.05) is 0 Å². The molecule has 614 valence electrons. The van der Waals surface area contributed by atoms with E-state index in [1.165, 1.54) is 117 Å². The molecule has 0 atom stereocenters. The fourth-order valence-electron chi connectivity index (χ4n) is 16.1. The number of rotatable bonds is 13. The molecule has 15 aromatic rings. The summed E-state index contributed by atoms with van der Waals surface area (Å²) in [5.41, 5.74) is 38.3. The predicted molar refractivity (Wildman–Crippen MR) is 499 cm³/mol. The summed E-state index contributed by atoms with van der Waals surface area (Å²) in [6.45, 7) is 53.4. The van der Waals surface area contributed by atoms with Gasteiger partial charge in [0.05, 0.1) is 23.0 Å². The average Bonchev–Trinajstić information content (AvgIpc) is 1.09. The van der Waals surface area contributed by atoms with Gasteiger partial charge < -0.3 is 0 Å². The Labute approximate surface area is 743 Å². The number of aromatic nitrogens is 6. The molecular formula is C112H116Ir2N6-2. The molecule has 13 aromatic carbocycles. The van der Waals surface area contributed by atoms with E-state index in [4.69, 9.17) is 20.2 Å². The second-order valence-electron chi connectivity index (χ2n) is 38.8. The van der Waals surface area contributed by atoms with E-state index in [-0.39, 0.29) is 72.7 Å². The van der Waals surface area contributed by atoms with Crippen molar-refractivity contribution >= 4 is 0 Å². The SMILES string of the molecule is Cc1n[n+](-c2c(C)cc(-c3cc(-c4ccc(C(C)(C)C)cc4)cc(-c4ccc(C(C)(C)C)cc4)c3)cc2C)c(-c2[c-]cccc2)[n-]1.Cc1nc(-c2[c-]ccc(-c3cc(-c4ccc(C(C)(C)C)cc4)cc(-c4ccc(C(C)(C)C)cc4)c3)c2)n(-c2c(C)cc(-c3cc(-c4ccc(C(C)(C)C)cc4)cc(-c4ccc(C(C)(C)C)cc4)c3)cc2C)n1.[Ir].[Ir]. The van der Waals surface area contributed by atoms with Crippen LogP contribution in [0.3, 0.4) is 0 Å². The van der Waals surface area contributed by atoms with Gasteiger partial charge in [0, 0.05) is 40.2 Å². The first-order valence-corrected chi connectivity index (χ1v) is 41.9. The minimum atomic E-state index is 0. The molecule has 0 aliphatic carbocycles. The third-order valence-corrected chi connectivity index (χ3v) is 23.1. The van der Waals surface area contributed by atoms with Gasteiger partial charge in [-0.05, 0) is 303 Å². The molecule has 2 aromatic heterocycles. The van der Waals surface area contributed by atoms with Crippen molar-refractivity contribution in [3.63, 3.8) is 0 Å². The van der Waals surface area contributed by atoms with Crippen LogP contribution in [0.5, 0.6) is 0 Å². The van der Waals surface area contributed by atoms with Crippen LogP contribution in [0.1, 0.15) is 192 Å². The molecule has 15 rings (SSSR count). The van der Waals surface area contributed by atoms with Gasteiger partial charge >= 0.3 is 0 Å². The van der Waals surface area contributed by atoms with Crippen molar-refractivity contribution in [3.8, 4) is 134 Å². The molecule has 0 unspecified atom stereocenters. The van der Waals surface area contributed by atoms with E-state index >= 15 is 0 Å². The van der Waals surface area contributed by atoms with Crippen molar-refractivity contribution in [1.82, 2.24) is 24.8 Å². The summed E-state index contributed by atoms with van der Waals surface area (Å²) in [6.07, 6.45) is 0. The summed E-state index contributed by atoms with van der Waals surface area (Å²) >= 11 is 0. The van der Waals surface area contributed by atoms with Crippen LogP contribution in [0.25, 0.3) is 134 Å². The maximum Gasteiger partial charge on any atom is 0.137 e. The number of hydrogen-bond donors (Lipinski definition) is 0. The van der Waals surface area contributed by atoms with Gasteiger partial charge in [-0.25, -0.2) is 0 Å². The Morgan fingerprint density at radius 2 is 0.558 bits per heavy atom. The van der Waals surface area contributed by atoms with Gasteiger partial charge in [0.25, 0.3) is 0 Å². The number of hydrogen-bond acceptors (Lipinski definition) is 3. The van der Waals surface area contributed by atoms with Gasteiger partial charge in [-0.1, -0.05) is 270 Å². The Morgan fingerprint density at radius 1 is 0.283 bits per heavy atom. The molecule has 8 heteroatoms. The zero-order chi connectivity index (χ0) is 84.3. The van der Waals surface area contributed by atoms with Gasteiger partial charge in [0.2, 0.25) is 0 Å². The van der Waals surface area contributed by atoms with Crippen LogP contribution in [-0.4, -0.2) is 19.9 Å². The Kier molecular flexibility index (Phi) is 25.8. The van der Waals surface area contributed by atoms with E-state index in [0.29, 0.717) is 5.82 Å². The number of aryl methyl sites for hydroxylation is 6. The fourth-order valence-corrected chi connectivity index (χ4v) is 16.1. The summed E-state index contributed by atoms with van der Waals surface area (Å²) in [5, 5.41) is 9.90. The van der Waals surface area contributed by atoms with E-state index in [1.807, 2.05) is 53.5 Å². The molecule has 0 saturated heterocycles. The van der Waals surface area contributed by atoms with Crippen molar-refractivity contribution in [2.45, 2.75) is 199 Å². The second-order valence-corrected chi connectivity index (χ2v) is 38.8. The fraction of sp³-hybridized carbons (Fsp3) is 0.268.